The second kappa shape index (κ2) is 9.61. The predicted molar refractivity (Wildman–Crippen MR) is 115 cm³/mol. The van der Waals surface area contributed by atoms with Crippen LogP contribution in [-0.4, -0.2) is 53.0 Å². The molecule has 0 radical (unpaired) electrons. The summed E-state index contributed by atoms with van der Waals surface area (Å²) in [5.41, 5.74) is 0.236. The molecular formula is C23H24N2O7. The highest BCUT2D eigenvalue weighted by Crippen LogP contribution is 2.34. The first kappa shape index (κ1) is 23.0. The number of nitrogens with zero attached hydrogens (tertiary/aromatic N) is 1. The molecule has 1 fully saturated rings. The molecule has 32 heavy (non-hydrogen) atoms. The molecule has 168 valence electrons. The van der Waals surface area contributed by atoms with Crippen molar-refractivity contribution in [2.75, 3.05) is 13.7 Å². The molecule has 3 N–H and O–H groups in total. The number of carboxylic acids is 1. The zero-order valence-electron chi connectivity index (χ0n) is 17.8. The van der Waals surface area contributed by atoms with E-state index in [1.807, 2.05) is 0 Å². The van der Waals surface area contributed by atoms with E-state index in [0.29, 0.717) is 23.8 Å². The number of rotatable bonds is 9. The van der Waals surface area contributed by atoms with Gasteiger partial charge in [-0.2, -0.15) is 0 Å². The fourth-order valence-electron chi connectivity index (χ4n) is 3.15. The molecule has 9 heteroatoms. The van der Waals surface area contributed by atoms with E-state index in [-0.39, 0.29) is 28.1 Å². The summed E-state index contributed by atoms with van der Waals surface area (Å²) in [6, 6.07) is 5.63. The van der Waals surface area contributed by atoms with Crippen LogP contribution in [0, 0.1) is 5.92 Å². The topological polar surface area (TPSA) is 135 Å². The summed E-state index contributed by atoms with van der Waals surface area (Å²) in [7, 11) is 1.42. The first-order valence-corrected chi connectivity index (χ1v) is 10.0. The first-order chi connectivity index (χ1) is 15.2. The van der Waals surface area contributed by atoms with E-state index in [9.17, 15) is 24.6 Å². The van der Waals surface area contributed by atoms with Crippen molar-refractivity contribution in [1.29, 1.82) is 0 Å². The quantitative estimate of drug-likeness (QED) is 0.400. The Kier molecular flexibility index (Phi) is 6.89. The molecular weight excluding hydrogens is 416 g/mol. The van der Waals surface area contributed by atoms with Gasteiger partial charge in [-0.3, -0.25) is 4.79 Å². The largest absolute Gasteiger partial charge is 0.496 e. The minimum Gasteiger partial charge on any atom is -0.496 e. The molecule has 1 atom stereocenters. The van der Waals surface area contributed by atoms with E-state index in [0.717, 1.165) is 12.8 Å². The molecule has 9 nitrogen and oxygen atoms in total. The van der Waals surface area contributed by atoms with E-state index in [1.54, 1.807) is 0 Å². The number of aliphatic hydroxyl groups is 1. The third kappa shape index (κ3) is 5.12. The summed E-state index contributed by atoms with van der Waals surface area (Å²) in [6.07, 6.45) is 2.13. The van der Waals surface area contributed by atoms with Crippen LogP contribution in [0.2, 0.25) is 0 Å². The number of hydrogen-bond acceptors (Lipinski definition) is 7. The molecule has 1 aromatic carbocycles. The Labute approximate surface area is 184 Å². The fraction of sp³-hybridized carbons (Fsp3) is 0.304. The van der Waals surface area contributed by atoms with Gasteiger partial charge in [0.05, 0.1) is 12.7 Å². The van der Waals surface area contributed by atoms with Crippen LogP contribution in [0.5, 0.6) is 5.75 Å². The second-order valence-corrected chi connectivity index (χ2v) is 7.40. The zero-order chi connectivity index (χ0) is 23.4. The van der Waals surface area contributed by atoms with Crippen molar-refractivity contribution in [2.24, 2.45) is 5.92 Å². The van der Waals surface area contributed by atoms with Crippen molar-refractivity contribution in [3.8, 4) is 16.9 Å². The molecule has 1 unspecified atom stereocenters. The van der Waals surface area contributed by atoms with Crippen LogP contribution in [-0.2, 0) is 4.74 Å². The number of aliphatic hydroxyl groups excluding tert-OH is 1. The zero-order valence-corrected chi connectivity index (χ0v) is 17.8. The SMILES string of the molecule is C=Cc1cc(C(=O)O)c(-c2ccc(C(=O)NCC3CC3)nc2C(=O)OC(C)O)cc1OC. The van der Waals surface area contributed by atoms with E-state index in [1.165, 1.54) is 44.4 Å². The van der Waals surface area contributed by atoms with Gasteiger partial charge in [0.25, 0.3) is 5.91 Å². The maximum Gasteiger partial charge on any atom is 0.359 e. The number of carbonyl (C=O) groups excluding carboxylic acids is 2. The summed E-state index contributed by atoms with van der Waals surface area (Å²) < 4.78 is 10.2. The number of carboxylic acid groups (broad SMARTS) is 1. The summed E-state index contributed by atoms with van der Waals surface area (Å²) in [6.45, 7) is 5.41. The van der Waals surface area contributed by atoms with Crippen molar-refractivity contribution in [2.45, 2.75) is 26.1 Å². The lowest BCUT2D eigenvalue weighted by Gasteiger charge is -2.16. The van der Waals surface area contributed by atoms with Gasteiger partial charge in [-0.05, 0) is 49.9 Å². The summed E-state index contributed by atoms with van der Waals surface area (Å²) in [5, 5.41) is 22.0. The van der Waals surface area contributed by atoms with Crippen LogP contribution in [0.1, 0.15) is 56.7 Å². The number of ether oxygens (including phenoxy) is 2. The van der Waals surface area contributed by atoms with Crippen molar-refractivity contribution >= 4 is 23.9 Å². The van der Waals surface area contributed by atoms with Crippen molar-refractivity contribution in [3.63, 3.8) is 0 Å². The number of carbonyl (C=O) groups is 3. The van der Waals surface area contributed by atoms with Crippen LogP contribution < -0.4 is 10.1 Å². The highest BCUT2D eigenvalue weighted by atomic mass is 16.6. The van der Waals surface area contributed by atoms with E-state index >= 15 is 0 Å². The van der Waals surface area contributed by atoms with Crippen LogP contribution >= 0.6 is 0 Å². The molecule has 1 saturated carbocycles. The number of aromatic nitrogens is 1. The first-order valence-electron chi connectivity index (χ1n) is 10.0. The molecule has 0 spiro atoms. The lowest BCUT2D eigenvalue weighted by atomic mass is 9.95. The summed E-state index contributed by atoms with van der Waals surface area (Å²) >= 11 is 0. The Balaban J connectivity index is 2.13. The molecule has 2 aromatic rings. The van der Waals surface area contributed by atoms with Gasteiger partial charge in [-0.1, -0.05) is 12.7 Å². The van der Waals surface area contributed by atoms with Gasteiger partial charge in [-0.25, -0.2) is 14.6 Å². The molecule has 1 aliphatic carbocycles. The van der Waals surface area contributed by atoms with Crippen molar-refractivity contribution < 1.29 is 34.1 Å². The van der Waals surface area contributed by atoms with Crippen LogP contribution in [0.4, 0.5) is 0 Å². The number of nitrogens with one attached hydrogen (secondary N) is 1. The van der Waals surface area contributed by atoms with Gasteiger partial charge in [-0.15, -0.1) is 0 Å². The average Bonchev–Trinajstić information content (AvgIpc) is 3.60. The number of amides is 1. The van der Waals surface area contributed by atoms with Crippen molar-refractivity contribution in [3.05, 3.63) is 53.4 Å². The lowest BCUT2D eigenvalue weighted by Crippen LogP contribution is -2.27. The van der Waals surface area contributed by atoms with Gasteiger partial charge in [0, 0.05) is 23.2 Å². The van der Waals surface area contributed by atoms with E-state index < -0.39 is 24.1 Å². The summed E-state index contributed by atoms with van der Waals surface area (Å²) in [4.78, 5) is 41.3. The molecule has 3 rings (SSSR count). The van der Waals surface area contributed by atoms with E-state index in [4.69, 9.17) is 9.47 Å². The molecule has 1 aliphatic rings. The molecule has 1 aromatic heterocycles. The normalized spacial score (nSPS) is 13.7. The van der Waals surface area contributed by atoms with E-state index in [2.05, 4.69) is 16.9 Å². The Morgan fingerprint density at radius 2 is 2.00 bits per heavy atom. The maximum atomic E-state index is 12.7. The van der Waals surface area contributed by atoms with Gasteiger partial charge in [0.2, 0.25) is 0 Å². The average molecular weight is 440 g/mol. The molecule has 1 amide bonds. The molecule has 0 bridgehead atoms. The highest BCUT2D eigenvalue weighted by molar-refractivity contribution is 6.03. The van der Waals surface area contributed by atoms with Crippen LogP contribution in [0.15, 0.2) is 30.8 Å². The van der Waals surface area contributed by atoms with Gasteiger partial charge in [0.1, 0.15) is 11.4 Å². The lowest BCUT2D eigenvalue weighted by molar-refractivity contribution is -0.0526. The predicted octanol–water partition coefficient (Wildman–Crippen LogP) is 2.73. The smallest absolute Gasteiger partial charge is 0.359 e. The van der Waals surface area contributed by atoms with Gasteiger partial charge < -0.3 is 25.0 Å². The fourth-order valence-corrected chi connectivity index (χ4v) is 3.15. The summed E-state index contributed by atoms with van der Waals surface area (Å²) in [5.74, 6) is -1.93. The third-order valence-electron chi connectivity index (χ3n) is 4.96. The number of hydrogen-bond donors (Lipinski definition) is 3. The Morgan fingerprint density at radius 3 is 2.56 bits per heavy atom. The van der Waals surface area contributed by atoms with Gasteiger partial charge >= 0.3 is 11.9 Å². The monoisotopic (exact) mass is 440 g/mol. The Hall–Kier alpha value is -3.72. The standard InChI is InChI=1S/C23H24N2O7/c1-4-14-9-17(22(28)29)16(10-19(14)31-3)15-7-8-18(21(27)24-11-13-5-6-13)25-20(15)23(30)32-12(2)26/h4,7-10,12-13,26H,1,5-6,11H2,2-3H3,(H,24,27)(H,28,29). The van der Waals surface area contributed by atoms with Crippen molar-refractivity contribution in [1.82, 2.24) is 10.3 Å². The Bertz CT molecular complexity index is 1070. The second-order valence-electron chi connectivity index (χ2n) is 7.40. The molecule has 1 heterocycles. The number of methoxy groups -OCH3 is 1. The Morgan fingerprint density at radius 1 is 1.28 bits per heavy atom. The van der Waals surface area contributed by atoms with Gasteiger partial charge in [0.15, 0.2) is 12.0 Å². The van der Waals surface area contributed by atoms with Crippen LogP contribution in [0.3, 0.4) is 0 Å². The molecule has 0 aliphatic heterocycles. The maximum absolute atomic E-state index is 12.7. The highest BCUT2D eigenvalue weighted by Gasteiger charge is 2.26. The number of esters is 1. The molecule has 0 saturated heterocycles. The number of benzene rings is 1. The number of aromatic carboxylic acids is 1. The minimum atomic E-state index is -1.43. The van der Waals surface area contributed by atoms with Crippen LogP contribution in [0.25, 0.3) is 17.2 Å². The number of pyridine rings is 1. The minimum absolute atomic E-state index is 0.0292. The third-order valence-corrected chi connectivity index (χ3v) is 4.96.